The molecule has 0 aliphatic heterocycles. The van der Waals surface area contributed by atoms with Gasteiger partial charge in [0.15, 0.2) is 0 Å². The summed E-state index contributed by atoms with van der Waals surface area (Å²) in [6, 6.07) is 43.0. The molecule has 3 fully saturated rings. The van der Waals surface area contributed by atoms with Crippen molar-refractivity contribution in [2.45, 2.75) is 214 Å². The largest absolute Gasteiger partial charge is 0.0836 e. The number of unbranched alkanes of at least 4 members (excludes halogenated alkanes) is 1. The zero-order chi connectivity index (χ0) is 68.6. The third-order valence-corrected chi connectivity index (χ3v) is 26.6. The summed E-state index contributed by atoms with van der Waals surface area (Å²) < 4.78 is 0. The second kappa shape index (κ2) is 32.4. The summed E-state index contributed by atoms with van der Waals surface area (Å²) in [7, 11) is 0. The first-order chi connectivity index (χ1) is 49.6. The van der Waals surface area contributed by atoms with Gasteiger partial charge in [-0.05, 0) is 298 Å². The summed E-state index contributed by atoms with van der Waals surface area (Å²) in [5.74, 6) is 8.22. The van der Waals surface area contributed by atoms with Crippen LogP contribution in [0.25, 0.3) is 11.1 Å². The first-order valence-electron chi connectivity index (χ1n) is 40.8. The smallest absolute Gasteiger partial charge is 0.0281 e. The quantitative estimate of drug-likeness (QED) is 0.0767. The number of allylic oxidation sites excluding steroid dienone is 28. The van der Waals surface area contributed by atoms with Gasteiger partial charge >= 0.3 is 0 Å². The SMILES string of the molecule is C1=CC2C(=C1)C(Cc1ccc(CCCCC3CCCCC3)cc1)=CC=C2c1ccc2c(c1)CCC2.CC(C)C1CCC(Cc2ccc(CC3=CC=C(c4ccc5c(c4)CCC5)C4C=CC=C34)cc2)CC1.CC1CC(c2ccc(CC3=CC=C(C4=CCCC=C4)C4C=CC=C34)cc2)CC(C)C1C. The van der Waals surface area contributed by atoms with Gasteiger partial charge in [-0.25, -0.2) is 0 Å². The van der Waals surface area contributed by atoms with E-state index in [-0.39, 0.29) is 0 Å². The molecule has 12 aliphatic rings. The summed E-state index contributed by atoms with van der Waals surface area (Å²) >= 11 is 0. The molecule has 5 aromatic carbocycles. The van der Waals surface area contributed by atoms with E-state index in [4.69, 9.17) is 0 Å². The summed E-state index contributed by atoms with van der Waals surface area (Å²) in [6.45, 7) is 12.1. The molecule has 0 radical (unpaired) electrons. The van der Waals surface area contributed by atoms with Crippen LogP contribution in [0.5, 0.6) is 0 Å². The molecule has 12 aliphatic carbocycles. The maximum absolute atomic E-state index is 2.46. The summed E-state index contributed by atoms with van der Waals surface area (Å²) in [5.41, 5.74) is 32.7. The van der Waals surface area contributed by atoms with Crippen molar-refractivity contribution in [2.75, 3.05) is 0 Å². The van der Waals surface area contributed by atoms with Gasteiger partial charge < -0.3 is 0 Å². The van der Waals surface area contributed by atoms with E-state index in [1.807, 2.05) is 0 Å². The van der Waals surface area contributed by atoms with Crippen molar-refractivity contribution in [2.24, 2.45) is 59.2 Å². The van der Waals surface area contributed by atoms with Crippen LogP contribution in [0, 0.1) is 59.2 Å². The highest BCUT2D eigenvalue weighted by Crippen LogP contribution is 2.47. The molecule has 520 valence electrons. The summed E-state index contributed by atoms with van der Waals surface area (Å²) in [6.07, 6.45) is 77.8. The average molecular weight is 1330 g/mol. The zero-order valence-corrected chi connectivity index (χ0v) is 62.2. The lowest BCUT2D eigenvalue weighted by Crippen LogP contribution is -2.26. The normalized spacial score (nSPS) is 26.0. The molecule has 3 saturated carbocycles. The fourth-order valence-electron chi connectivity index (χ4n) is 20.0. The van der Waals surface area contributed by atoms with E-state index in [2.05, 4.69) is 253 Å². The number of hydrogen-bond acceptors (Lipinski definition) is 0. The standard InChI is InChI=1S/2C35H40.C31H36/c1-24(2)28-15-13-26(14-16-28)21-25-9-11-27(12-10-25)22-31-19-20-34(35-8-4-7-33(31)35)32-18-17-29-5-3-6-30(29)23-32;1-2-8-26(9-3-1)10-4-5-11-27-16-18-28(19-17-27)24-31-22-23-34(35-15-7-14-33(31)35)32-21-20-29-12-6-13-30(29)25-32;1-21-18-28(19-22(2)23(21)3)25-14-12-24(13-15-25)20-27-16-17-30(26-8-5-4-6-9-26)31-11-7-10-29(27)31/h4,7-12,17-20,23-24,26,28,35H,3,5-6,13-16,21-22H2,1-2H3;7,14-23,25-26,35H,1-6,8-13,24H2;5,7-17,21-23,28,31H,4,6,18-20H2,1-3H3. The van der Waals surface area contributed by atoms with Crippen LogP contribution in [0.3, 0.4) is 0 Å². The van der Waals surface area contributed by atoms with E-state index in [1.165, 1.54) is 249 Å². The topological polar surface area (TPSA) is 0 Å². The number of aryl methyl sites for hydroxylation is 5. The molecule has 0 nitrogen and oxygen atoms in total. The van der Waals surface area contributed by atoms with Gasteiger partial charge in [0.2, 0.25) is 0 Å². The van der Waals surface area contributed by atoms with E-state index in [1.54, 1.807) is 27.8 Å². The van der Waals surface area contributed by atoms with Gasteiger partial charge in [-0.2, -0.15) is 0 Å². The van der Waals surface area contributed by atoms with Crippen LogP contribution in [0.2, 0.25) is 0 Å². The van der Waals surface area contributed by atoms with Gasteiger partial charge in [-0.3, -0.25) is 0 Å². The average Bonchev–Trinajstić information content (AvgIpc) is 1.53. The molecule has 0 heteroatoms. The van der Waals surface area contributed by atoms with Crippen LogP contribution in [-0.4, -0.2) is 0 Å². The highest BCUT2D eigenvalue weighted by Gasteiger charge is 2.33. The fraction of sp³-hybridized carbons (Fsp3) is 0.426. The Morgan fingerprint density at radius 3 is 1.41 bits per heavy atom. The zero-order valence-electron chi connectivity index (χ0n) is 62.2. The molecule has 0 heterocycles. The molecule has 101 heavy (non-hydrogen) atoms. The van der Waals surface area contributed by atoms with Crippen molar-refractivity contribution in [3.05, 3.63) is 330 Å². The van der Waals surface area contributed by atoms with Crippen LogP contribution >= 0.6 is 0 Å². The molecule has 5 atom stereocenters. The van der Waals surface area contributed by atoms with Gasteiger partial charge in [0.25, 0.3) is 0 Å². The Morgan fingerprint density at radius 2 is 0.891 bits per heavy atom. The molecule has 0 spiro atoms. The first-order valence-corrected chi connectivity index (χ1v) is 40.8. The van der Waals surface area contributed by atoms with Crippen LogP contribution < -0.4 is 0 Å². The van der Waals surface area contributed by atoms with Crippen molar-refractivity contribution in [1.82, 2.24) is 0 Å². The molecule has 0 aromatic heterocycles. The van der Waals surface area contributed by atoms with E-state index < -0.39 is 0 Å². The van der Waals surface area contributed by atoms with E-state index in [0.29, 0.717) is 17.8 Å². The molecule has 0 amide bonds. The third-order valence-electron chi connectivity index (χ3n) is 26.6. The van der Waals surface area contributed by atoms with Crippen molar-refractivity contribution in [1.29, 1.82) is 0 Å². The Hall–Kier alpha value is -7.54. The molecular formula is C101H116. The highest BCUT2D eigenvalue weighted by molar-refractivity contribution is 5.80. The van der Waals surface area contributed by atoms with E-state index in [9.17, 15) is 0 Å². The monoisotopic (exact) mass is 1330 g/mol. The van der Waals surface area contributed by atoms with Crippen molar-refractivity contribution in [3.63, 3.8) is 0 Å². The second-order valence-corrected chi connectivity index (χ2v) is 33.6. The predicted octanol–water partition coefficient (Wildman–Crippen LogP) is 26.3. The minimum atomic E-state index is 0.412. The lowest BCUT2D eigenvalue weighted by atomic mass is 9.68. The second-order valence-electron chi connectivity index (χ2n) is 33.6. The van der Waals surface area contributed by atoms with E-state index in [0.717, 1.165) is 66.6 Å². The molecule has 5 aromatic rings. The maximum Gasteiger partial charge on any atom is 0.0281 e. The molecule has 0 N–H and O–H groups in total. The molecule has 17 rings (SSSR count). The van der Waals surface area contributed by atoms with Crippen LogP contribution in [-0.2, 0) is 57.8 Å². The molecule has 0 bridgehead atoms. The Bertz CT molecular complexity index is 4210. The Kier molecular flexibility index (Phi) is 22.2. The fourth-order valence-corrected chi connectivity index (χ4v) is 20.0. The minimum absolute atomic E-state index is 0.412. The van der Waals surface area contributed by atoms with Gasteiger partial charge in [-0.15, -0.1) is 0 Å². The van der Waals surface area contributed by atoms with Crippen molar-refractivity contribution < 1.29 is 0 Å². The summed E-state index contributed by atoms with van der Waals surface area (Å²) in [5, 5.41) is 0. The molecule has 0 saturated heterocycles. The Labute approximate surface area is 610 Å². The third kappa shape index (κ3) is 16.5. The minimum Gasteiger partial charge on any atom is -0.0836 e. The lowest BCUT2D eigenvalue weighted by Gasteiger charge is -2.37. The summed E-state index contributed by atoms with van der Waals surface area (Å²) in [4.78, 5) is 0. The molecule has 5 unspecified atom stereocenters. The maximum atomic E-state index is 2.46. The Balaban J connectivity index is 0.000000123. The van der Waals surface area contributed by atoms with Crippen LogP contribution in [0.15, 0.2) is 263 Å². The van der Waals surface area contributed by atoms with Gasteiger partial charge in [-0.1, -0.05) is 298 Å². The first kappa shape index (κ1) is 69.2. The number of rotatable bonds is 18. The molecular weight excluding hydrogens is 1210 g/mol. The van der Waals surface area contributed by atoms with Crippen molar-refractivity contribution in [3.8, 4) is 0 Å². The number of hydrogen-bond donors (Lipinski definition) is 0. The van der Waals surface area contributed by atoms with Crippen molar-refractivity contribution >= 4 is 11.1 Å². The Morgan fingerprint density at radius 1 is 0.406 bits per heavy atom. The lowest BCUT2D eigenvalue weighted by molar-refractivity contribution is 0.175. The van der Waals surface area contributed by atoms with Crippen LogP contribution in [0.1, 0.15) is 223 Å². The van der Waals surface area contributed by atoms with E-state index >= 15 is 0 Å². The van der Waals surface area contributed by atoms with Crippen LogP contribution in [0.4, 0.5) is 0 Å². The van der Waals surface area contributed by atoms with Gasteiger partial charge in [0.05, 0.1) is 0 Å². The van der Waals surface area contributed by atoms with Gasteiger partial charge in [0.1, 0.15) is 0 Å². The van der Waals surface area contributed by atoms with Gasteiger partial charge in [0, 0.05) is 17.8 Å². The number of benzene rings is 5. The number of fused-ring (bicyclic) bond motifs is 5. The highest BCUT2D eigenvalue weighted by atomic mass is 14.4. The predicted molar refractivity (Wildman–Crippen MR) is 432 cm³/mol.